The molecule has 2 nitrogen and oxygen atoms in total. The lowest BCUT2D eigenvalue weighted by molar-refractivity contribution is 0.0643. The molecule has 1 aromatic carbocycles. The van der Waals surface area contributed by atoms with Crippen molar-refractivity contribution < 1.29 is 9.18 Å². The van der Waals surface area contributed by atoms with Gasteiger partial charge >= 0.3 is 0 Å². The van der Waals surface area contributed by atoms with E-state index in [0.717, 1.165) is 25.7 Å². The van der Waals surface area contributed by atoms with E-state index in [1.807, 2.05) is 11.8 Å². The van der Waals surface area contributed by atoms with Crippen molar-refractivity contribution in [3.05, 3.63) is 29.6 Å². The van der Waals surface area contributed by atoms with Crippen LogP contribution in [0.3, 0.4) is 0 Å². The second-order valence-corrected chi connectivity index (χ2v) is 5.56. The van der Waals surface area contributed by atoms with Gasteiger partial charge in [-0.25, -0.2) is 4.39 Å². The summed E-state index contributed by atoms with van der Waals surface area (Å²) in [5.41, 5.74) is 0.139. The Labute approximate surface area is 119 Å². The van der Waals surface area contributed by atoms with Gasteiger partial charge in [0.05, 0.1) is 5.56 Å². The Kier molecular flexibility index (Phi) is 4.86. The van der Waals surface area contributed by atoms with Gasteiger partial charge in [-0.05, 0) is 38.0 Å². The number of halogens is 1. The van der Waals surface area contributed by atoms with E-state index in [-0.39, 0.29) is 17.5 Å². The predicted molar refractivity (Wildman–Crippen MR) is 77.2 cm³/mol. The fourth-order valence-corrected chi connectivity index (χ4v) is 3.00. The van der Waals surface area contributed by atoms with Crippen molar-refractivity contribution in [3.63, 3.8) is 0 Å². The standard InChI is InChI=1S/C15H20FNOS/c1-2-17(11-6-4-3-5-7-11)15(18)13-10-12(19)8-9-14(13)16/h8-11,19H,2-7H2,1H3. The highest BCUT2D eigenvalue weighted by atomic mass is 32.1. The molecule has 0 spiro atoms. The Morgan fingerprint density at radius 1 is 1.37 bits per heavy atom. The van der Waals surface area contributed by atoms with E-state index in [2.05, 4.69) is 12.6 Å². The number of hydrogen-bond acceptors (Lipinski definition) is 2. The summed E-state index contributed by atoms with van der Waals surface area (Å²) in [4.78, 5) is 14.9. The number of benzene rings is 1. The molecule has 0 saturated heterocycles. The van der Waals surface area contributed by atoms with E-state index in [1.54, 1.807) is 6.07 Å². The Morgan fingerprint density at radius 2 is 2.05 bits per heavy atom. The number of carbonyl (C=O) groups excluding carboxylic acids is 1. The van der Waals surface area contributed by atoms with Gasteiger partial charge in [-0.15, -0.1) is 12.6 Å². The quantitative estimate of drug-likeness (QED) is 0.833. The van der Waals surface area contributed by atoms with Crippen LogP contribution >= 0.6 is 12.6 Å². The van der Waals surface area contributed by atoms with Gasteiger partial charge in [0.15, 0.2) is 0 Å². The number of rotatable bonds is 3. The first-order valence-electron chi connectivity index (χ1n) is 6.93. The van der Waals surface area contributed by atoms with Crippen LogP contribution in [0.25, 0.3) is 0 Å². The van der Waals surface area contributed by atoms with Gasteiger partial charge in [0.25, 0.3) is 5.91 Å². The lowest BCUT2D eigenvalue weighted by Crippen LogP contribution is -2.41. The minimum Gasteiger partial charge on any atom is -0.336 e. The first kappa shape index (κ1) is 14.4. The number of nitrogens with zero attached hydrogens (tertiary/aromatic N) is 1. The monoisotopic (exact) mass is 281 g/mol. The molecule has 0 aromatic heterocycles. The van der Waals surface area contributed by atoms with Crippen LogP contribution in [0, 0.1) is 5.82 Å². The number of amides is 1. The molecule has 104 valence electrons. The van der Waals surface area contributed by atoms with Gasteiger partial charge in [0, 0.05) is 17.5 Å². The Balaban J connectivity index is 2.22. The van der Waals surface area contributed by atoms with Gasteiger partial charge in [0.2, 0.25) is 0 Å². The summed E-state index contributed by atoms with van der Waals surface area (Å²) in [5, 5.41) is 0. The molecule has 2 rings (SSSR count). The maximum atomic E-state index is 13.8. The number of hydrogen-bond donors (Lipinski definition) is 1. The summed E-state index contributed by atoms with van der Waals surface area (Å²) in [5.74, 6) is -0.667. The smallest absolute Gasteiger partial charge is 0.257 e. The van der Waals surface area contributed by atoms with Crippen molar-refractivity contribution in [2.45, 2.75) is 50.0 Å². The molecule has 0 radical (unpaired) electrons. The van der Waals surface area contributed by atoms with E-state index < -0.39 is 5.82 Å². The summed E-state index contributed by atoms with van der Waals surface area (Å²) in [6.45, 7) is 2.58. The third-order valence-electron chi connectivity index (χ3n) is 3.80. The number of thiol groups is 1. The lowest BCUT2D eigenvalue weighted by Gasteiger charge is -2.33. The first-order valence-corrected chi connectivity index (χ1v) is 7.37. The molecule has 4 heteroatoms. The maximum Gasteiger partial charge on any atom is 0.257 e. The maximum absolute atomic E-state index is 13.8. The Bertz CT molecular complexity index is 457. The van der Waals surface area contributed by atoms with Crippen LogP contribution in [0.1, 0.15) is 49.4 Å². The molecule has 1 amide bonds. The molecule has 0 N–H and O–H groups in total. The average Bonchev–Trinajstić information content (AvgIpc) is 2.43. The molecule has 0 atom stereocenters. The zero-order valence-corrected chi connectivity index (χ0v) is 12.1. The highest BCUT2D eigenvalue weighted by molar-refractivity contribution is 7.80. The zero-order valence-electron chi connectivity index (χ0n) is 11.2. The largest absolute Gasteiger partial charge is 0.336 e. The highest BCUT2D eigenvalue weighted by Gasteiger charge is 2.26. The van der Waals surface area contributed by atoms with Crippen LogP contribution in [-0.2, 0) is 0 Å². The second kappa shape index (κ2) is 6.42. The summed E-state index contributed by atoms with van der Waals surface area (Å²) in [6, 6.07) is 4.65. The first-order chi connectivity index (χ1) is 9.13. The van der Waals surface area contributed by atoms with Crippen molar-refractivity contribution in [2.24, 2.45) is 0 Å². The molecule has 1 fully saturated rings. The molecule has 0 aliphatic heterocycles. The van der Waals surface area contributed by atoms with E-state index >= 15 is 0 Å². The summed E-state index contributed by atoms with van der Waals surface area (Å²) >= 11 is 4.18. The van der Waals surface area contributed by atoms with Gasteiger partial charge < -0.3 is 4.90 Å². The van der Waals surface area contributed by atoms with E-state index in [4.69, 9.17) is 0 Å². The van der Waals surface area contributed by atoms with E-state index in [1.165, 1.54) is 18.6 Å². The van der Waals surface area contributed by atoms with Crippen LogP contribution in [-0.4, -0.2) is 23.4 Å². The molecule has 1 saturated carbocycles. The fourth-order valence-electron chi connectivity index (χ4n) is 2.79. The van der Waals surface area contributed by atoms with Gasteiger partial charge in [0.1, 0.15) is 5.82 Å². The van der Waals surface area contributed by atoms with Crippen LogP contribution in [0.15, 0.2) is 23.1 Å². The molecule has 1 aromatic rings. The molecule has 1 aliphatic rings. The van der Waals surface area contributed by atoms with Crippen LogP contribution in [0.5, 0.6) is 0 Å². The molecule has 1 aliphatic carbocycles. The fraction of sp³-hybridized carbons (Fsp3) is 0.533. The molecule has 0 heterocycles. The van der Waals surface area contributed by atoms with Crippen molar-refractivity contribution in [1.29, 1.82) is 0 Å². The lowest BCUT2D eigenvalue weighted by atomic mass is 9.93. The van der Waals surface area contributed by atoms with Gasteiger partial charge in [-0.3, -0.25) is 4.79 Å². The zero-order chi connectivity index (χ0) is 13.8. The van der Waals surface area contributed by atoms with E-state index in [0.29, 0.717) is 11.4 Å². The molecular weight excluding hydrogens is 261 g/mol. The average molecular weight is 281 g/mol. The second-order valence-electron chi connectivity index (χ2n) is 5.05. The van der Waals surface area contributed by atoms with E-state index in [9.17, 15) is 9.18 Å². The van der Waals surface area contributed by atoms with Crippen LogP contribution < -0.4 is 0 Å². The topological polar surface area (TPSA) is 20.3 Å². The summed E-state index contributed by atoms with van der Waals surface area (Å²) in [6.07, 6.45) is 5.61. The summed E-state index contributed by atoms with van der Waals surface area (Å²) < 4.78 is 13.8. The van der Waals surface area contributed by atoms with Crippen molar-refractivity contribution in [3.8, 4) is 0 Å². The minimum absolute atomic E-state index is 0.139. The number of carbonyl (C=O) groups is 1. The van der Waals surface area contributed by atoms with Crippen molar-refractivity contribution in [2.75, 3.05) is 6.54 Å². The molecule has 19 heavy (non-hydrogen) atoms. The van der Waals surface area contributed by atoms with Crippen LogP contribution in [0.4, 0.5) is 4.39 Å². The third-order valence-corrected chi connectivity index (χ3v) is 4.08. The molecular formula is C15H20FNOS. The Hall–Kier alpha value is -1.03. The van der Waals surface area contributed by atoms with Crippen molar-refractivity contribution in [1.82, 2.24) is 4.90 Å². The van der Waals surface area contributed by atoms with Gasteiger partial charge in [-0.1, -0.05) is 19.3 Å². The molecule has 0 unspecified atom stereocenters. The summed E-state index contributed by atoms with van der Waals surface area (Å²) in [7, 11) is 0. The van der Waals surface area contributed by atoms with Crippen LogP contribution in [0.2, 0.25) is 0 Å². The van der Waals surface area contributed by atoms with Gasteiger partial charge in [-0.2, -0.15) is 0 Å². The minimum atomic E-state index is -0.461. The SMILES string of the molecule is CCN(C(=O)c1cc(S)ccc1F)C1CCCCC1. The predicted octanol–water partition coefficient (Wildman–Crippen LogP) is 3.91. The Morgan fingerprint density at radius 3 is 2.68 bits per heavy atom. The normalized spacial score (nSPS) is 16.4. The molecule has 0 bridgehead atoms. The van der Waals surface area contributed by atoms with Crippen molar-refractivity contribution >= 4 is 18.5 Å². The highest BCUT2D eigenvalue weighted by Crippen LogP contribution is 2.25. The third kappa shape index (κ3) is 3.30.